The number of anilines is 1. The van der Waals surface area contributed by atoms with Crippen LogP contribution in [0.15, 0.2) is 108 Å². The number of carbonyl (C=O) groups excluding carboxylic acids is 2. The first kappa shape index (κ1) is 35.3. The molecule has 0 aromatic heterocycles. The first-order valence-electron chi connectivity index (χ1n) is 16.0. The van der Waals surface area contributed by atoms with Crippen LogP contribution in [0.25, 0.3) is 0 Å². The van der Waals surface area contributed by atoms with Gasteiger partial charge in [0.05, 0.1) is 17.7 Å². The molecule has 0 bridgehead atoms. The molecule has 2 amide bonds. The van der Waals surface area contributed by atoms with Crippen molar-refractivity contribution >= 4 is 50.7 Å². The molecule has 11 heteroatoms. The molecular formula is C37H39Cl2N3O5S. The predicted molar refractivity (Wildman–Crippen MR) is 190 cm³/mol. The number of sulfonamides is 1. The maximum absolute atomic E-state index is 14.7. The minimum Gasteiger partial charge on any atom is -0.497 e. The Kier molecular flexibility index (Phi) is 12.0. The van der Waals surface area contributed by atoms with Crippen LogP contribution in [0.2, 0.25) is 10.0 Å². The molecule has 48 heavy (non-hydrogen) atoms. The van der Waals surface area contributed by atoms with E-state index in [1.54, 1.807) is 60.7 Å². The Labute approximate surface area is 292 Å². The van der Waals surface area contributed by atoms with Gasteiger partial charge < -0.3 is 15.0 Å². The van der Waals surface area contributed by atoms with Crippen LogP contribution in [0.3, 0.4) is 0 Å². The third-order valence-electron chi connectivity index (χ3n) is 8.55. The second-order valence-corrected chi connectivity index (χ2v) is 14.5. The number of carbonyl (C=O) groups is 2. The first-order chi connectivity index (χ1) is 23.2. The molecule has 0 aliphatic heterocycles. The summed E-state index contributed by atoms with van der Waals surface area (Å²) in [6, 6.07) is 27.8. The van der Waals surface area contributed by atoms with Gasteiger partial charge in [-0.15, -0.1) is 0 Å². The molecule has 0 unspecified atom stereocenters. The molecule has 252 valence electrons. The number of rotatable bonds is 13. The highest BCUT2D eigenvalue weighted by Crippen LogP contribution is 2.28. The summed E-state index contributed by atoms with van der Waals surface area (Å²) in [6.07, 6.45) is 5.10. The minimum atomic E-state index is -4.22. The van der Waals surface area contributed by atoms with Gasteiger partial charge in [-0.25, -0.2) is 8.42 Å². The fourth-order valence-electron chi connectivity index (χ4n) is 5.93. The van der Waals surface area contributed by atoms with Gasteiger partial charge in [0.15, 0.2) is 0 Å². The zero-order valence-electron chi connectivity index (χ0n) is 26.7. The van der Waals surface area contributed by atoms with E-state index in [-0.39, 0.29) is 35.5 Å². The number of halogens is 2. The third-order valence-corrected chi connectivity index (χ3v) is 10.9. The first-order valence-corrected chi connectivity index (χ1v) is 18.1. The number of methoxy groups -OCH3 is 1. The van der Waals surface area contributed by atoms with E-state index < -0.39 is 28.5 Å². The smallest absolute Gasteiger partial charge is 0.264 e. The number of hydrogen-bond acceptors (Lipinski definition) is 5. The highest BCUT2D eigenvalue weighted by molar-refractivity contribution is 7.92. The lowest BCUT2D eigenvalue weighted by atomic mass is 9.94. The van der Waals surface area contributed by atoms with E-state index in [0.29, 0.717) is 21.4 Å². The number of benzene rings is 4. The van der Waals surface area contributed by atoms with Crippen molar-refractivity contribution in [3.8, 4) is 5.75 Å². The summed E-state index contributed by atoms with van der Waals surface area (Å²) >= 11 is 12.8. The van der Waals surface area contributed by atoms with Gasteiger partial charge in [-0.2, -0.15) is 0 Å². The highest BCUT2D eigenvalue weighted by Gasteiger charge is 2.35. The van der Waals surface area contributed by atoms with Crippen molar-refractivity contribution in [1.29, 1.82) is 0 Å². The van der Waals surface area contributed by atoms with E-state index in [1.807, 2.05) is 30.3 Å². The number of amides is 2. The van der Waals surface area contributed by atoms with Crippen LogP contribution >= 0.6 is 23.2 Å². The monoisotopic (exact) mass is 707 g/mol. The van der Waals surface area contributed by atoms with Gasteiger partial charge in [0.25, 0.3) is 10.0 Å². The van der Waals surface area contributed by atoms with Crippen LogP contribution in [-0.4, -0.2) is 50.9 Å². The summed E-state index contributed by atoms with van der Waals surface area (Å²) in [6.45, 7) is -0.622. The quantitative estimate of drug-likeness (QED) is 0.158. The predicted octanol–water partition coefficient (Wildman–Crippen LogP) is 7.29. The lowest BCUT2D eigenvalue weighted by Crippen LogP contribution is -2.55. The molecule has 0 saturated heterocycles. The summed E-state index contributed by atoms with van der Waals surface area (Å²) < 4.78 is 34.7. The Balaban J connectivity index is 1.57. The van der Waals surface area contributed by atoms with E-state index in [0.717, 1.165) is 42.0 Å². The number of nitrogens with zero attached hydrogens (tertiary/aromatic N) is 2. The van der Waals surface area contributed by atoms with Crippen LogP contribution in [0.4, 0.5) is 5.69 Å². The van der Waals surface area contributed by atoms with Gasteiger partial charge in [0.1, 0.15) is 18.3 Å². The summed E-state index contributed by atoms with van der Waals surface area (Å²) in [5.74, 6) is -0.342. The molecule has 1 aliphatic rings. The zero-order valence-corrected chi connectivity index (χ0v) is 29.1. The van der Waals surface area contributed by atoms with Crippen LogP contribution in [0.1, 0.15) is 43.2 Å². The van der Waals surface area contributed by atoms with Crippen molar-refractivity contribution < 1.29 is 22.7 Å². The molecule has 4 aromatic carbocycles. The minimum absolute atomic E-state index is 0.00477. The molecule has 0 radical (unpaired) electrons. The van der Waals surface area contributed by atoms with E-state index in [9.17, 15) is 18.0 Å². The standard InChI is InChI=1S/C37H39Cl2N3O5S/c1-47-32-21-19-31(20-22-32)42(48(45,46)33-15-9-4-10-16-33)26-36(43)41(25-28-17-18-29(38)24-34(28)39)35(23-27-11-5-2-6-12-27)37(44)40-30-13-7-3-8-14-30/h2,4-6,9-12,15-22,24,30,35H,3,7-8,13-14,23,25-26H2,1H3,(H,40,44)/t35-/m1/s1. The Hall–Kier alpha value is -4.05. The van der Waals surface area contributed by atoms with Crippen LogP contribution in [0, 0.1) is 0 Å². The summed E-state index contributed by atoms with van der Waals surface area (Å²) in [5.41, 5.74) is 1.69. The molecule has 1 saturated carbocycles. The average molecular weight is 709 g/mol. The Morgan fingerprint density at radius 3 is 2.15 bits per heavy atom. The van der Waals surface area contributed by atoms with Gasteiger partial charge in [-0.3, -0.25) is 13.9 Å². The van der Waals surface area contributed by atoms with Crippen molar-refractivity contribution in [2.75, 3.05) is 18.0 Å². The van der Waals surface area contributed by atoms with Crippen LogP contribution in [-0.2, 0) is 32.6 Å². The maximum atomic E-state index is 14.7. The molecule has 0 spiro atoms. The lowest BCUT2D eigenvalue weighted by Gasteiger charge is -2.35. The van der Waals surface area contributed by atoms with Crippen LogP contribution < -0.4 is 14.4 Å². The van der Waals surface area contributed by atoms with Crippen molar-refractivity contribution in [3.63, 3.8) is 0 Å². The van der Waals surface area contributed by atoms with Crippen molar-refractivity contribution in [1.82, 2.24) is 10.2 Å². The lowest BCUT2D eigenvalue weighted by molar-refractivity contribution is -0.140. The number of ether oxygens (including phenoxy) is 1. The molecule has 1 atom stereocenters. The van der Waals surface area contributed by atoms with Crippen molar-refractivity contribution in [3.05, 3.63) is 124 Å². The molecule has 1 fully saturated rings. The highest BCUT2D eigenvalue weighted by atomic mass is 35.5. The van der Waals surface area contributed by atoms with E-state index in [1.165, 1.54) is 24.1 Å². The van der Waals surface area contributed by atoms with Crippen molar-refractivity contribution in [2.24, 2.45) is 0 Å². The summed E-state index contributed by atoms with van der Waals surface area (Å²) in [5, 5.41) is 3.96. The van der Waals surface area contributed by atoms with E-state index in [2.05, 4.69) is 5.32 Å². The van der Waals surface area contributed by atoms with E-state index in [4.69, 9.17) is 27.9 Å². The Morgan fingerprint density at radius 1 is 0.875 bits per heavy atom. The second kappa shape index (κ2) is 16.4. The molecule has 1 aliphatic carbocycles. The third kappa shape index (κ3) is 8.89. The molecule has 1 N–H and O–H groups in total. The van der Waals surface area contributed by atoms with Crippen LogP contribution in [0.5, 0.6) is 5.75 Å². The van der Waals surface area contributed by atoms with Gasteiger partial charge in [0, 0.05) is 29.1 Å². The molecule has 0 heterocycles. The Morgan fingerprint density at radius 2 is 1.52 bits per heavy atom. The largest absolute Gasteiger partial charge is 0.497 e. The molecule has 4 aromatic rings. The molecule has 5 rings (SSSR count). The SMILES string of the molecule is COc1ccc(N(CC(=O)N(Cc2ccc(Cl)cc2Cl)[C@H](Cc2ccccc2)C(=O)NC2CCCCC2)S(=O)(=O)c2ccccc2)cc1. The maximum Gasteiger partial charge on any atom is 0.264 e. The normalized spacial score (nSPS) is 14.1. The topological polar surface area (TPSA) is 96.0 Å². The van der Waals surface area contributed by atoms with Gasteiger partial charge >= 0.3 is 0 Å². The second-order valence-electron chi connectivity index (χ2n) is 11.8. The van der Waals surface area contributed by atoms with Gasteiger partial charge in [0.2, 0.25) is 11.8 Å². The number of hydrogen-bond donors (Lipinski definition) is 1. The van der Waals surface area contributed by atoms with Gasteiger partial charge in [-0.1, -0.05) is 97.1 Å². The fourth-order valence-corrected chi connectivity index (χ4v) is 7.83. The molecule has 8 nitrogen and oxygen atoms in total. The molecular weight excluding hydrogens is 669 g/mol. The average Bonchev–Trinajstić information content (AvgIpc) is 3.10. The summed E-state index contributed by atoms with van der Waals surface area (Å²) in [4.78, 5) is 30.4. The summed E-state index contributed by atoms with van der Waals surface area (Å²) in [7, 11) is -2.70. The number of nitrogens with one attached hydrogen (secondary N) is 1. The van der Waals surface area contributed by atoms with Crippen molar-refractivity contribution in [2.45, 2.75) is 62.0 Å². The zero-order chi connectivity index (χ0) is 34.1. The fraction of sp³-hybridized carbons (Fsp3) is 0.297. The Bertz CT molecular complexity index is 1790. The van der Waals surface area contributed by atoms with E-state index >= 15 is 0 Å². The van der Waals surface area contributed by atoms with Gasteiger partial charge in [-0.05, 0) is 72.5 Å².